The first-order chi connectivity index (χ1) is 16.1. The van der Waals surface area contributed by atoms with Crippen LogP contribution in [0.15, 0.2) is 54.6 Å². The van der Waals surface area contributed by atoms with Crippen LogP contribution < -0.4 is 15.5 Å². The van der Waals surface area contributed by atoms with Gasteiger partial charge in [0, 0.05) is 49.7 Å². The molecule has 1 saturated heterocycles. The number of hydrogen-bond acceptors (Lipinski definition) is 7. The molecule has 9 heteroatoms. The van der Waals surface area contributed by atoms with Crippen molar-refractivity contribution in [3.05, 3.63) is 70.2 Å². The lowest BCUT2D eigenvalue weighted by molar-refractivity contribution is 0.0950. The van der Waals surface area contributed by atoms with Crippen LogP contribution in [-0.2, 0) is 0 Å². The second-order valence-corrected chi connectivity index (χ2v) is 9.12. The Morgan fingerprint density at radius 2 is 1.76 bits per heavy atom. The molecule has 33 heavy (non-hydrogen) atoms. The lowest BCUT2D eigenvalue weighted by Crippen LogP contribution is -2.47. The number of aromatic nitrogens is 2. The van der Waals surface area contributed by atoms with Crippen LogP contribution in [0.25, 0.3) is 0 Å². The third-order valence-corrected chi connectivity index (χ3v) is 6.37. The third-order valence-electron chi connectivity index (χ3n) is 5.53. The van der Waals surface area contributed by atoms with Crippen LogP contribution >= 0.6 is 11.3 Å². The number of nitrogens with zero attached hydrogens (tertiary/aromatic N) is 4. The molecular formula is C24H28N6O2S. The van der Waals surface area contributed by atoms with Gasteiger partial charge in [0.1, 0.15) is 5.01 Å². The van der Waals surface area contributed by atoms with Crippen molar-refractivity contribution in [3.63, 3.8) is 0 Å². The third kappa shape index (κ3) is 6.36. The lowest BCUT2D eigenvalue weighted by atomic mass is 10.2. The van der Waals surface area contributed by atoms with Gasteiger partial charge in [0.05, 0.1) is 0 Å². The quantitative estimate of drug-likeness (QED) is 0.498. The highest BCUT2D eigenvalue weighted by atomic mass is 32.1. The van der Waals surface area contributed by atoms with E-state index >= 15 is 0 Å². The number of benzene rings is 2. The van der Waals surface area contributed by atoms with E-state index in [1.54, 1.807) is 31.2 Å². The molecule has 0 unspecified atom stereocenters. The molecule has 1 aliphatic rings. The molecule has 0 bridgehead atoms. The van der Waals surface area contributed by atoms with Crippen LogP contribution in [0, 0.1) is 6.92 Å². The zero-order valence-electron chi connectivity index (χ0n) is 18.7. The molecule has 1 aliphatic heterocycles. The van der Waals surface area contributed by atoms with Gasteiger partial charge >= 0.3 is 0 Å². The maximum absolute atomic E-state index is 12.5. The number of hydrogen-bond donors (Lipinski definition) is 2. The molecule has 0 atom stereocenters. The number of piperazine rings is 1. The highest BCUT2D eigenvalue weighted by Crippen LogP contribution is 2.16. The largest absolute Gasteiger partial charge is 0.369 e. The van der Waals surface area contributed by atoms with E-state index in [-0.39, 0.29) is 11.8 Å². The van der Waals surface area contributed by atoms with Gasteiger partial charge in [0.15, 0.2) is 0 Å². The summed E-state index contributed by atoms with van der Waals surface area (Å²) in [4.78, 5) is 29.7. The van der Waals surface area contributed by atoms with Crippen molar-refractivity contribution in [2.75, 3.05) is 49.5 Å². The van der Waals surface area contributed by atoms with Crippen LogP contribution in [0.1, 0.15) is 31.6 Å². The Hall–Kier alpha value is -3.30. The first-order valence-corrected chi connectivity index (χ1v) is 11.9. The van der Waals surface area contributed by atoms with E-state index in [2.05, 4.69) is 54.9 Å². The summed E-state index contributed by atoms with van der Waals surface area (Å²) in [7, 11) is 0. The Kier molecular flexibility index (Phi) is 7.64. The molecule has 2 heterocycles. The van der Waals surface area contributed by atoms with Gasteiger partial charge < -0.3 is 15.5 Å². The van der Waals surface area contributed by atoms with Crippen molar-refractivity contribution in [1.29, 1.82) is 0 Å². The minimum atomic E-state index is -0.328. The van der Waals surface area contributed by atoms with Crippen molar-refractivity contribution in [3.8, 4) is 0 Å². The molecule has 8 nitrogen and oxygen atoms in total. The maximum Gasteiger partial charge on any atom is 0.286 e. The van der Waals surface area contributed by atoms with Gasteiger partial charge in [-0.05, 0) is 50.2 Å². The number of para-hydroxylation sites is 1. The van der Waals surface area contributed by atoms with E-state index in [4.69, 9.17) is 0 Å². The van der Waals surface area contributed by atoms with Crippen molar-refractivity contribution < 1.29 is 9.59 Å². The lowest BCUT2D eigenvalue weighted by Gasteiger charge is -2.36. The van der Waals surface area contributed by atoms with E-state index in [9.17, 15) is 9.59 Å². The molecule has 172 valence electrons. The Morgan fingerprint density at radius 1 is 0.970 bits per heavy atom. The molecule has 0 radical (unpaired) electrons. The minimum absolute atomic E-state index is 0.147. The van der Waals surface area contributed by atoms with Crippen LogP contribution in [-0.4, -0.2) is 66.2 Å². The van der Waals surface area contributed by atoms with Gasteiger partial charge in [-0.2, -0.15) is 0 Å². The standard InChI is InChI=1S/C24H28N6O2S/c1-18-27-28-24(33-18)23(32)26-20-8-5-7-19(17-20)22(31)25-11-6-12-29-13-15-30(16-14-29)21-9-3-2-4-10-21/h2-5,7-10,17H,6,11-16H2,1H3,(H,25,31)(H,26,32). The molecule has 3 aromatic rings. The number of anilines is 2. The summed E-state index contributed by atoms with van der Waals surface area (Å²) in [5.41, 5.74) is 2.34. The zero-order valence-corrected chi connectivity index (χ0v) is 19.5. The molecule has 1 aromatic heterocycles. The predicted octanol–water partition coefficient (Wildman–Crippen LogP) is 3.04. The van der Waals surface area contributed by atoms with Crippen LogP contribution in [0.4, 0.5) is 11.4 Å². The second kappa shape index (κ2) is 11.0. The molecule has 0 aliphatic carbocycles. The monoisotopic (exact) mass is 464 g/mol. The van der Waals surface area contributed by atoms with Crippen LogP contribution in [0.5, 0.6) is 0 Å². The first kappa shape index (κ1) is 22.9. The van der Waals surface area contributed by atoms with E-state index in [0.29, 0.717) is 22.8 Å². The summed E-state index contributed by atoms with van der Waals surface area (Å²) in [6, 6.07) is 17.4. The fourth-order valence-electron chi connectivity index (χ4n) is 3.79. The summed E-state index contributed by atoms with van der Waals surface area (Å²) >= 11 is 1.23. The average molecular weight is 465 g/mol. The van der Waals surface area contributed by atoms with E-state index in [0.717, 1.165) is 44.2 Å². The normalized spacial score (nSPS) is 14.2. The Labute approximate surface area is 197 Å². The molecule has 2 aromatic carbocycles. The molecule has 2 amide bonds. The van der Waals surface area contributed by atoms with Gasteiger partial charge in [0.25, 0.3) is 11.8 Å². The average Bonchev–Trinajstić information content (AvgIpc) is 3.29. The summed E-state index contributed by atoms with van der Waals surface area (Å²) in [6.07, 6.45) is 0.893. The highest BCUT2D eigenvalue weighted by Gasteiger charge is 2.17. The van der Waals surface area contributed by atoms with Crippen molar-refractivity contribution in [1.82, 2.24) is 20.4 Å². The number of rotatable bonds is 8. The van der Waals surface area contributed by atoms with Gasteiger partial charge in [-0.1, -0.05) is 35.6 Å². The Morgan fingerprint density at radius 3 is 2.48 bits per heavy atom. The molecular weight excluding hydrogens is 436 g/mol. The molecule has 2 N–H and O–H groups in total. The number of aryl methyl sites for hydroxylation is 1. The van der Waals surface area contributed by atoms with E-state index in [1.165, 1.54) is 17.0 Å². The van der Waals surface area contributed by atoms with Crippen molar-refractivity contribution in [2.45, 2.75) is 13.3 Å². The topological polar surface area (TPSA) is 90.5 Å². The predicted molar refractivity (Wildman–Crippen MR) is 131 cm³/mol. The molecule has 1 fully saturated rings. The highest BCUT2D eigenvalue weighted by molar-refractivity contribution is 7.13. The Balaban J connectivity index is 1.18. The molecule has 4 rings (SSSR count). The smallest absolute Gasteiger partial charge is 0.286 e. The SMILES string of the molecule is Cc1nnc(C(=O)Nc2cccc(C(=O)NCCCN3CCN(c4ccccc4)CC3)c2)s1. The number of carbonyl (C=O) groups is 2. The van der Waals surface area contributed by atoms with Crippen molar-refractivity contribution in [2.24, 2.45) is 0 Å². The summed E-state index contributed by atoms with van der Waals surface area (Å²) in [5.74, 6) is -0.475. The zero-order chi connectivity index (χ0) is 23.0. The Bertz CT molecular complexity index is 1080. The van der Waals surface area contributed by atoms with Crippen molar-refractivity contribution >= 4 is 34.5 Å². The fourth-order valence-corrected chi connectivity index (χ4v) is 4.37. The van der Waals surface area contributed by atoms with Gasteiger partial charge in [0.2, 0.25) is 5.01 Å². The summed E-state index contributed by atoms with van der Waals surface area (Å²) in [6.45, 7) is 7.46. The number of amides is 2. The summed E-state index contributed by atoms with van der Waals surface area (Å²) < 4.78 is 0. The number of nitrogens with one attached hydrogen (secondary N) is 2. The van der Waals surface area contributed by atoms with E-state index < -0.39 is 0 Å². The first-order valence-electron chi connectivity index (χ1n) is 11.1. The van der Waals surface area contributed by atoms with Crippen LogP contribution in [0.2, 0.25) is 0 Å². The van der Waals surface area contributed by atoms with Gasteiger partial charge in [-0.3, -0.25) is 14.5 Å². The number of carbonyl (C=O) groups excluding carboxylic acids is 2. The van der Waals surface area contributed by atoms with E-state index in [1.807, 2.05) is 6.07 Å². The van der Waals surface area contributed by atoms with Crippen LogP contribution in [0.3, 0.4) is 0 Å². The van der Waals surface area contributed by atoms with Gasteiger partial charge in [-0.25, -0.2) is 0 Å². The maximum atomic E-state index is 12.5. The second-order valence-electron chi connectivity index (χ2n) is 7.93. The van der Waals surface area contributed by atoms with Gasteiger partial charge in [-0.15, -0.1) is 10.2 Å². The summed E-state index contributed by atoms with van der Waals surface area (Å²) in [5, 5.41) is 14.5. The molecule has 0 spiro atoms. The molecule has 0 saturated carbocycles. The minimum Gasteiger partial charge on any atom is -0.369 e. The fraction of sp³-hybridized carbons (Fsp3) is 0.333.